The van der Waals surface area contributed by atoms with Crippen LogP contribution in [-0.4, -0.2) is 13.2 Å². The summed E-state index contributed by atoms with van der Waals surface area (Å²) >= 11 is 6.08. The lowest BCUT2D eigenvalue weighted by Gasteiger charge is -2.14. The summed E-state index contributed by atoms with van der Waals surface area (Å²) in [6.45, 7) is 5.51. The molecule has 0 unspecified atom stereocenters. The van der Waals surface area contributed by atoms with Gasteiger partial charge in [0.25, 0.3) is 0 Å². The van der Waals surface area contributed by atoms with E-state index in [-0.39, 0.29) is 0 Å². The number of para-hydroxylation sites is 1. The Morgan fingerprint density at radius 3 is 2.73 bits per heavy atom. The van der Waals surface area contributed by atoms with Crippen molar-refractivity contribution in [2.24, 2.45) is 11.7 Å². The van der Waals surface area contributed by atoms with Gasteiger partial charge in [-0.05, 0) is 30.5 Å². The van der Waals surface area contributed by atoms with E-state index in [4.69, 9.17) is 22.1 Å². The zero-order valence-electron chi connectivity index (χ0n) is 9.29. The molecular formula is C12H18ClNO. The van der Waals surface area contributed by atoms with E-state index >= 15 is 0 Å². The molecule has 0 radical (unpaired) electrons. The number of hydrogen-bond acceptors (Lipinski definition) is 2. The Balaban J connectivity index is 2.81. The normalized spacial score (nSPS) is 10.7. The minimum absolute atomic E-state index is 0.493. The molecule has 84 valence electrons. The predicted octanol–water partition coefficient (Wildman–Crippen LogP) is 2.88. The number of ether oxygens (including phenoxy) is 1. The molecule has 15 heavy (non-hydrogen) atoms. The smallest absolute Gasteiger partial charge is 0.141 e. The van der Waals surface area contributed by atoms with Crippen molar-refractivity contribution in [1.82, 2.24) is 0 Å². The summed E-state index contributed by atoms with van der Waals surface area (Å²) in [5, 5.41) is 0.668. The molecule has 0 bridgehead atoms. The number of halogens is 1. The van der Waals surface area contributed by atoms with Crippen molar-refractivity contribution in [2.45, 2.75) is 20.3 Å². The van der Waals surface area contributed by atoms with Crippen LogP contribution < -0.4 is 10.5 Å². The topological polar surface area (TPSA) is 35.2 Å². The molecule has 0 saturated carbocycles. The fourth-order valence-corrected chi connectivity index (χ4v) is 1.57. The molecule has 0 spiro atoms. The van der Waals surface area contributed by atoms with E-state index in [1.54, 1.807) is 0 Å². The van der Waals surface area contributed by atoms with E-state index in [1.807, 2.05) is 18.2 Å². The summed E-state index contributed by atoms with van der Waals surface area (Å²) < 4.78 is 5.69. The first kappa shape index (κ1) is 12.3. The maximum Gasteiger partial charge on any atom is 0.141 e. The molecule has 0 aliphatic rings. The number of rotatable bonds is 5. The summed E-state index contributed by atoms with van der Waals surface area (Å²) in [6, 6.07) is 5.78. The molecule has 2 N–H and O–H groups in total. The van der Waals surface area contributed by atoms with Gasteiger partial charge in [-0.2, -0.15) is 0 Å². The van der Waals surface area contributed by atoms with Crippen LogP contribution in [0.4, 0.5) is 0 Å². The van der Waals surface area contributed by atoms with Gasteiger partial charge in [0.05, 0.1) is 11.6 Å². The zero-order chi connectivity index (χ0) is 11.3. The molecule has 0 aromatic heterocycles. The minimum atomic E-state index is 0.493. The number of hydrogen-bond donors (Lipinski definition) is 1. The Morgan fingerprint density at radius 1 is 1.40 bits per heavy atom. The van der Waals surface area contributed by atoms with E-state index in [0.29, 0.717) is 24.1 Å². The summed E-state index contributed by atoms with van der Waals surface area (Å²) in [7, 11) is 0. The minimum Gasteiger partial charge on any atom is -0.491 e. The average molecular weight is 228 g/mol. The third-order valence-electron chi connectivity index (χ3n) is 2.02. The Labute approximate surface area is 96.4 Å². The molecule has 1 aromatic carbocycles. The van der Waals surface area contributed by atoms with Crippen molar-refractivity contribution in [3.63, 3.8) is 0 Å². The van der Waals surface area contributed by atoms with Gasteiger partial charge in [0.2, 0.25) is 0 Å². The lowest BCUT2D eigenvalue weighted by Crippen LogP contribution is -2.09. The molecule has 3 heteroatoms. The van der Waals surface area contributed by atoms with Crippen molar-refractivity contribution in [2.75, 3.05) is 13.2 Å². The van der Waals surface area contributed by atoms with Crippen LogP contribution in [0.3, 0.4) is 0 Å². The van der Waals surface area contributed by atoms with Crippen molar-refractivity contribution >= 4 is 11.6 Å². The molecule has 1 rings (SSSR count). The van der Waals surface area contributed by atoms with Crippen molar-refractivity contribution in [3.05, 3.63) is 28.8 Å². The summed E-state index contributed by atoms with van der Waals surface area (Å²) in [5.74, 6) is 1.28. The second-order valence-corrected chi connectivity index (χ2v) is 4.38. The lowest BCUT2D eigenvalue weighted by molar-refractivity contribution is 0.269. The maximum atomic E-state index is 6.08. The lowest BCUT2D eigenvalue weighted by atomic mass is 10.1. The van der Waals surface area contributed by atoms with Gasteiger partial charge in [-0.15, -0.1) is 0 Å². The van der Waals surface area contributed by atoms with Crippen LogP contribution in [0.2, 0.25) is 5.02 Å². The molecule has 1 aromatic rings. The molecule has 0 aliphatic heterocycles. The van der Waals surface area contributed by atoms with Crippen LogP contribution in [0.25, 0.3) is 0 Å². The van der Waals surface area contributed by atoms with Crippen LogP contribution in [0.15, 0.2) is 18.2 Å². The number of nitrogens with two attached hydrogens (primary N) is 1. The highest BCUT2D eigenvalue weighted by Gasteiger charge is 2.08. The van der Waals surface area contributed by atoms with Crippen molar-refractivity contribution in [3.8, 4) is 5.75 Å². The highest BCUT2D eigenvalue weighted by atomic mass is 35.5. The van der Waals surface area contributed by atoms with Gasteiger partial charge < -0.3 is 10.5 Å². The third-order valence-corrected chi connectivity index (χ3v) is 2.32. The quantitative estimate of drug-likeness (QED) is 0.840. The van der Waals surface area contributed by atoms with Crippen LogP contribution >= 0.6 is 11.6 Å². The van der Waals surface area contributed by atoms with Gasteiger partial charge in [0.15, 0.2) is 0 Å². The molecule has 0 aliphatic carbocycles. The fourth-order valence-electron chi connectivity index (χ4n) is 1.32. The molecule has 0 saturated heterocycles. The molecule has 0 amide bonds. The standard InChI is InChI=1S/C12H18ClNO/c1-9(2)8-15-12-10(6-7-14)4-3-5-11(12)13/h3-5,9H,6-8,14H2,1-2H3. The van der Waals surface area contributed by atoms with Gasteiger partial charge >= 0.3 is 0 Å². The second kappa shape index (κ2) is 5.99. The average Bonchev–Trinajstić information content (AvgIpc) is 2.17. The van der Waals surface area contributed by atoms with Crippen molar-refractivity contribution < 1.29 is 4.74 Å². The third kappa shape index (κ3) is 3.73. The maximum absolute atomic E-state index is 6.08. The Kier molecular flexibility index (Phi) is 4.92. The largest absolute Gasteiger partial charge is 0.491 e. The summed E-state index contributed by atoms with van der Waals surface area (Å²) in [6.07, 6.45) is 0.800. The van der Waals surface area contributed by atoms with Gasteiger partial charge in [-0.25, -0.2) is 0 Å². The zero-order valence-corrected chi connectivity index (χ0v) is 10.1. The monoisotopic (exact) mass is 227 g/mol. The molecular weight excluding hydrogens is 210 g/mol. The molecule has 0 heterocycles. The number of benzene rings is 1. The van der Waals surface area contributed by atoms with Gasteiger partial charge in [-0.1, -0.05) is 37.6 Å². The van der Waals surface area contributed by atoms with Crippen LogP contribution in [0, 0.1) is 5.92 Å². The first-order chi connectivity index (χ1) is 7.15. The van der Waals surface area contributed by atoms with Gasteiger partial charge in [-0.3, -0.25) is 0 Å². The van der Waals surface area contributed by atoms with E-state index in [1.165, 1.54) is 0 Å². The Bertz CT molecular complexity index is 312. The first-order valence-electron chi connectivity index (χ1n) is 5.25. The fraction of sp³-hybridized carbons (Fsp3) is 0.500. The molecule has 0 atom stereocenters. The highest BCUT2D eigenvalue weighted by Crippen LogP contribution is 2.29. The first-order valence-corrected chi connectivity index (χ1v) is 5.63. The van der Waals surface area contributed by atoms with Gasteiger partial charge in [0, 0.05) is 0 Å². The predicted molar refractivity (Wildman–Crippen MR) is 64.5 cm³/mol. The summed E-state index contributed by atoms with van der Waals surface area (Å²) in [5.41, 5.74) is 6.63. The van der Waals surface area contributed by atoms with E-state index in [0.717, 1.165) is 17.7 Å². The van der Waals surface area contributed by atoms with Gasteiger partial charge in [0.1, 0.15) is 5.75 Å². The van der Waals surface area contributed by atoms with Crippen LogP contribution in [0.1, 0.15) is 19.4 Å². The Morgan fingerprint density at radius 2 is 2.13 bits per heavy atom. The van der Waals surface area contributed by atoms with Crippen LogP contribution in [0.5, 0.6) is 5.75 Å². The van der Waals surface area contributed by atoms with Crippen LogP contribution in [-0.2, 0) is 6.42 Å². The highest BCUT2D eigenvalue weighted by molar-refractivity contribution is 6.32. The Hall–Kier alpha value is -0.730. The SMILES string of the molecule is CC(C)COc1c(Cl)cccc1CCN. The van der Waals surface area contributed by atoms with E-state index in [9.17, 15) is 0 Å². The van der Waals surface area contributed by atoms with E-state index in [2.05, 4.69) is 13.8 Å². The second-order valence-electron chi connectivity index (χ2n) is 3.97. The summed E-state index contributed by atoms with van der Waals surface area (Å²) in [4.78, 5) is 0. The van der Waals surface area contributed by atoms with E-state index < -0.39 is 0 Å². The molecule has 0 fully saturated rings. The molecule has 2 nitrogen and oxygen atoms in total. The van der Waals surface area contributed by atoms with Crippen molar-refractivity contribution in [1.29, 1.82) is 0 Å².